The van der Waals surface area contributed by atoms with Gasteiger partial charge in [-0.1, -0.05) is 48.5 Å². The minimum atomic E-state index is -0.321. The number of fused-ring (bicyclic) bond motifs is 2. The first-order chi connectivity index (χ1) is 14.2. The first kappa shape index (κ1) is 18.5. The first-order valence-corrected chi connectivity index (χ1v) is 9.30. The first-order valence-electron chi connectivity index (χ1n) is 9.30. The van der Waals surface area contributed by atoms with Gasteiger partial charge in [-0.15, -0.1) is 6.58 Å². The van der Waals surface area contributed by atoms with Crippen LogP contribution in [-0.4, -0.2) is 23.8 Å². The maximum absolute atomic E-state index is 12.7. The number of hydrogen-bond donors (Lipinski definition) is 1. The molecule has 1 amide bonds. The summed E-state index contributed by atoms with van der Waals surface area (Å²) in [5.41, 5.74) is 5.07. The van der Waals surface area contributed by atoms with Crippen LogP contribution >= 0.6 is 0 Å². The smallest absolute Gasteiger partial charge is 0.275 e. The van der Waals surface area contributed by atoms with Crippen molar-refractivity contribution in [1.82, 2.24) is 9.99 Å². The lowest BCUT2D eigenvalue weighted by Crippen LogP contribution is -2.18. The van der Waals surface area contributed by atoms with E-state index in [0.29, 0.717) is 17.9 Å². The Kier molecular flexibility index (Phi) is 5.12. The number of benzene rings is 3. The number of rotatable bonds is 6. The molecule has 4 rings (SSSR count). The zero-order valence-electron chi connectivity index (χ0n) is 16.1. The summed E-state index contributed by atoms with van der Waals surface area (Å²) in [6.45, 7) is 4.51. The van der Waals surface area contributed by atoms with Gasteiger partial charge in [-0.25, -0.2) is 5.43 Å². The van der Waals surface area contributed by atoms with Crippen LogP contribution in [-0.2, 0) is 6.54 Å². The van der Waals surface area contributed by atoms with Crippen LogP contribution in [0.5, 0.6) is 5.75 Å². The van der Waals surface area contributed by atoms with Gasteiger partial charge in [0.15, 0.2) is 0 Å². The SMILES string of the molecule is C=CCn1cc(C=NNC(=O)c2cc3ccccc3cc2OC)c2ccccc21. The van der Waals surface area contributed by atoms with Crippen LogP contribution in [0.1, 0.15) is 15.9 Å². The summed E-state index contributed by atoms with van der Waals surface area (Å²) in [5, 5.41) is 7.22. The average molecular weight is 383 g/mol. The predicted octanol–water partition coefficient (Wildman–Crippen LogP) is 4.75. The summed E-state index contributed by atoms with van der Waals surface area (Å²) in [7, 11) is 1.55. The molecule has 5 heteroatoms. The topological polar surface area (TPSA) is 55.6 Å². The molecule has 0 unspecified atom stereocenters. The van der Waals surface area contributed by atoms with Gasteiger partial charge in [0.25, 0.3) is 5.91 Å². The van der Waals surface area contributed by atoms with Gasteiger partial charge in [0.2, 0.25) is 0 Å². The Balaban J connectivity index is 1.60. The molecule has 0 saturated carbocycles. The van der Waals surface area contributed by atoms with Crippen molar-refractivity contribution in [2.24, 2.45) is 5.10 Å². The van der Waals surface area contributed by atoms with Crippen LogP contribution in [0, 0.1) is 0 Å². The Labute approximate surface area is 168 Å². The van der Waals surface area contributed by atoms with Crippen molar-refractivity contribution in [1.29, 1.82) is 0 Å². The van der Waals surface area contributed by atoms with Gasteiger partial charge in [0.1, 0.15) is 5.75 Å². The van der Waals surface area contributed by atoms with E-state index in [1.807, 2.05) is 66.9 Å². The van der Waals surface area contributed by atoms with Gasteiger partial charge in [-0.2, -0.15) is 5.10 Å². The fourth-order valence-corrected chi connectivity index (χ4v) is 3.45. The zero-order chi connectivity index (χ0) is 20.2. The molecule has 1 N–H and O–H groups in total. The molecule has 4 aromatic rings. The van der Waals surface area contributed by atoms with Gasteiger partial charge in [-0.05, 0) is 29.0 Å². The molecular formula is C24H21N3O2. The van der Waals surface area contributed by atoms with Crippen LogP contribution in [0.4, 0.5) is 0 Å². The maximum atomic E-state index is 12.7. The summed E-state index contributed by atoms with van der Waals surface area (Å²) in [6.07, 6.45) is 5.51. The van der Waals surface area contributed by atoms with E-state index in [2.05, 4.69) is 27.7 Å². The third-order valence-corrected chi connectivity index (χ3v) is 4.83. The molecule has 0 atom stereocenters. The Morgan fingerprint density at radius 3 is 2.62 bits per heavy atom. The largest absolute Gasteiger partial charge is 0.496 e. The van der Waals surface area contributed by atoms with E-state index >= 15 is 0 Å². The zero-order valence-corrected chi connectivity index (χ0v) is 16.1. The second-order valence-corrected chi connectivity index (χ2v) is 6.64. The second-order valence-electron chi connectivity index (χ2n) is 6.64. The van der Waals surface area contributed by atoms with Crippen molar-refractivity contribution in [3.8, 4) is 5.75 Å². The number of hydrogen-bond acceptors (Lipinski definition) is 3. The molecule has 0 aliphatic carbocycles. The molecule has 3 aromatic carbocycles. The number of carbonyl (C=O) groups excluding carboxylic acids is 1. The van der Waals surface area contributed by atoms with Crippen LogP contribution in [0.25, 0.3) is 21.7 Å². The third-order valence-electron chi connectivity index (χ3n) is 4.83. The molecule has 29 heavy (non-hydrogen) atoms. The highest BCUT2D eigenvalue weighted by molar-refractivity contribution is 6.03. The van der Waals surface area contributed by atoms with Crippen molar-refractivity contribution in [3.63, 3.8) is 0 Å². The molecule has 0 spiro atoms. The highest BCUT2D eigenvalue weighted by Crippen LogP contribution is 2.26. The van der Waals surface area contributed by atoms with E-state index in [4.69, 9.17) is 4.74 Å². The Hall–Kier alpha value is -3.86. The van der Waals surface area contributed by atoms with Gasteiger partial charge in [0, 0.05) is 29.2 Å². The number of nitrogens with one attached hydrogen (secondary N) is 1. The summed E-state index contributed by atoms with van der Waals surface area (Å²) in [5.74, 6) is 0.192. The quantitative estimate of drug-likeness (QED) is 0.297. The van der Waals surface area contributed by atoms with Crippen LogP contribution in [0.2, 0.25) is 0 Å². The van der Waals surface area contributed by atoms with Crippen molar-refractivity contribution >= 4 is 33.8 Å². The van der Waals surface area contributed by atoms with Crippen molar-refractivity contribution < 1.29 is 9.53 Å². The van der Waals surface area contributed by atoms with E-state index in [1.54, 1.807) is 13.3 Å². The Morgan fingerprint density at radius 2 is 1.86 bits per heavy atom. The molecular weight excluding hydrogens is 362 g/mol. The summed E-state index contributed by atoms with van der Waals surface area (Å²) in [6, 6.07) is 19.6. The molecule has 0 saturated heterocycles. The van der Waals surface area contributed by atoms with E-state index in [9.17, 15) is 4.79 Å². The number of methoxy groups -OCH3 is 1. The fourth-order valence-electron chi connectivity index (χ4n) is 3.45. The molecule has 0 fully saturated rings. The standard InChI is InChI=1S/C24H21N3O2/c1-3-12-27-16-19(20-10-6-7-11-22(20)27)15-25-26-24(28)21-13-17-8-4-5-9-18(17)14-23(21)29-2/h3-11,13-16H,1,12H2,2H3,(H,26,28). The van der Waals surface area contributed by atoms with Crippen LogP contribution in [0.15, 0.2) is 84.6 Å². The molecule has 144 valence electrons. The molecule has 1 aromatic heterocycles. The molecule has 0 aliphatic rings. The molecule has 5 nitrogen and oxygen atoms in total. The maximum Gasteiger partial charge on any atom is 0.275 e. The van der Waals surface area contributed by atoms with Crippen molar-refractivity contribution in [3.05, 3.63) is 90.6 Å². The van der Waals surface area contributed by atoms with Crippen LogP contribution < -0.4 is 10.2 Å². The number of ether oxygens (including phenoxy) is 1. The number of para-hydroxylation sites is 1. The molecule has 0 radical (unpaired) electrons. The predicted molar refractivity (Wildman–Crippen MR) is 118 cm³/mol. The lowest BCUT2D eigenvalue weighted by Gasteiger charge is -2.09. The fraction of sp³-hybridized carbons (Fsp3) is 0.0833. The van der Waals surface area contributed by atoms with Gasteiger partial charge >= 0.3 is 0 Å². The lowest BCUT2D eigenvalue weighted by atomic mass is 10.1. The van der Waals surface area contributed by atoms with Crippen molar-refractivity contribution in [2.45, 2.75) is 6.54 Å². The number of nitrogens with zero attached hydrogens (tertiary/aromatic N) is 2. The van der Waals surface area contributed by atoms with Gasteiger partial charge in [-0.3, -0.25) is 4.79 Å². The molecule has 0 bridgehead atoms. The number of aromatic nitrogens is 1. The van der Waals surface area contributed by atoms with E-state index in [-0.39, 0.29) is 5.91 Å². The number of allylic oxidation sites excluding steroid dienone is 1. The highest BCUT2D eigenvalue weighted by atomic mass is 16.5. The lowest BCUT2D eigenvalue weighted by molar-refractivity contribution is 0.0952. The van der Waals surface area contributed by atoms with Gasteiger partial charge in [0.05, 0.1) is 18.9 Å². The second kappa shape index (κ2) is 8.02. The molecule has 1 heterocycles. The Morgan fingerprint density at radius 1 is 1.14 bits per heavy atom. The van der Waals surface area contributed by atoms with E-state index < -0.39 is 0 Å². The van der Waals surface area contributed by atoms with Crippen LogP contribution in [0.3, 0.4) is 0 Å². The number of hydrazone groups is 1. The summed E-state index contributed by atoms with van der Waals surface area (Å²) in [4.78, 5) is 12.7. The minimum absolute atomic E-state index is 0.321. The number of carbonyl (C=O) groups is 1. The minimum Gasteiger partial charge on any atom is -0.496 e. The normalized spacial score (nSPS) is 11.2. The summed E-state index contributed by atoms with van der Waals surface area (Å²) >= 11 is 0. The average Bonchev–Trinajstić information content (AvgIpc) is 3.10. The Bertz CT molecular complexity index is 1240. The highest BCUT2D eigenvalue weighted by Gasteiger charge is 2.13. The summed E-state index contributed by atoms with van der Waals surface area (Å²) < 4.78 is 7.50. The van der Waals surface area contributed by atoms with Gasteiger partial charge < -0.3 is 9.30 Å². The van der Waals surface area contributed by atoms with E-state index in [0.717, 1.165) is 27.2 Å². The monoisotopic (exact) mass is 383 g/mol. The third kappa shape index (κ3) is 3.62. The van der Waals surface area contributed by atoms with E-state index in [1.165, 1.54) is 0 Å². The van der Waals surface area contributed by atoms with Crippen molar-refractivity contribution in [2.75, 3.05) is 7.11 Å². The molecule has 0 aliphatic heterocycles. The number of amides is 1.